The molecule has 3 aromatic heterocycles. The highest BCUT2D eigenvalue weighted by molar-refractivity contribution is 6.01. The van der Waals surface area contributed by atoms with Crippen LogP contribution in [0.4, 0.5) is 13.2 Å². The van der Waals surface area contributed by atoms with Crippen LogP contribution in [0.2, 0.25) is 0 Å². The number of pyridine rings is 1. The fourth-order valence-electron chi connectivity index (χ4n) is 5.89. The van der Waals surface area contributed by atoms with Gasteiger partial charge in [0.25, 0.3) is 0 Å². The van der Waals surface area contributed by atoms with Gasteiger partial charge in [-0.2, -0.15) is 18.3 Å². The van der Waals surface area contributed by atoms with Gasteiger partial charge in [0.15, 0.2) is 0 Å². The molecular weight excluding hydrogens is 521 g/mol. The first-order valence-electron chi connectivity index (χ1n) is 13.0. The van der Waals surface area contributed by atoms with E-state index in [9.17, 15) is 23.1 Å². The molecule has 2 aromatic carbocycles. The number of benzene rings is 2. The number of aromatic nitrogens is 5. The number of amides is 1. The summed E-state index contributed by atoms with van der Waals surface area (Å²) in [4.78, 5) is 20.0. The second-order valence-corrected chi connectivity index (χ2v) is 10.6. The van der Waals surface area contributed by atoms with Gasteiger partial charge in [-0.1, -0.05) is 12.1 Å². The Hall–Kier alpha value is -4.25. The Morgan fingerprint density at radius 1 is 1.15 bits per heavy atom. The van der Waals surface area contributed by atoms with Crippen molar-refractivity contribution in [3.05, 3.63) is 77.9 Å². The molecule has 1 saturated carbocycles. The van der Waals surface area contributed by atoms with Crippen LogP contribution in [0.5, 0.6) is 0 Å². The highest BCUT2D eigenvalue weighted by Crippen LogP contribution is 2.41. The van der Waals surface area contributed by atoms with E-state index in [-0.39, 0.29) is 24.5 Å². The molecule has 0 radical (unpaired) electrons. The van der Waals surface area contributed by atoms with Crippen LogP contribution < -0.4 is 5.73 Å². The SMILES string of the molecule is Cc1cc(-c2nn(C3CCCC(O)(Cn4c(C(F)(F)F)nc5ccccc54)C3)c3ccc(C(N)=O)cc23)ccn1. The first kappa shape index (κ1) is 26.0. The van der Waals surface area contributed by atoms with E-state index in [0.29, 0.717) is 36.0 Å². The Labute approximate surface area is 227 Å². The van der Waals surface area contributed by atoms with Gasteiger partial charge in [0.1, 0.15) is 5.69 Å². The van der Waals surface area contributed by atoms with Gasteiger partial charge < -0.3 is 15.4 Å². The summed E-state index contributed by atoms with van der Waals surface area (Å²) >= 11 is 0. The number of hydrogen-bond donors (Lipinski definition) is 2. The summed E-state index contributed by atoms with van der Waals surface area (Å²) in [5.41, 5.74) is 8.00. The summed E-state index contributed by atoms with van der Waals surface area (Å²) in [5.74, 6) is -1.59. The van der Waals surface area contributed by atoms with Crippen LogP contribution in [0, 0.1) is 6.92 Å². The largest absolute Gasteiger partial charge is 0.449 e. The minimum absolute atomic E-state index is 0.194. The van der Waals surface area contributed by atoms with Crippen molar-refractivity contribution in [1.29, 1.82) is 0 Å². The number of fused-ring (bicyclic) bond motifs is 2. The molecule has 206 valence electrons. The molecule has 1 aliphatic rings. The number of para-hydroxylation sites is 2. The summed E-state index contributed by atoms with van der Waals surface area (Å²) in [6.45, 7) is 1.62. The lowest BCUT2D eigenvalue weighted by Gasteiger charge is -2.37. The molecule has 6 rings (SSSR count). The summed E-state index contributed by atoms with van der Waals surface area (Å²) in [7, 11) is 0. The zero-order valence-corrected chi connectivity index (χ0v) is 21.7. The van der Waals surface area contributed by atoms with Crippen molar-refractivity contribution in [3.8, 4) is 11.3 Å². The maximum absolute atomic E-state index is 13.9. The Bertz CT molecular complexity index is 1760. The zero-order valence-electron chi connectivity index (χ0n) is 21.7. The number of carbonyl (C=O) groups is 1. The molecule has 0 bridgehead atoms. The van der Waals surface area contributed by atoms with Crippen molar-refractivity contribution in [2.45, 2.75) is 57.0 Å². The molecule has 2 atom stereocenters. The summed E-state index contributed by atoms with van der Waals surface area (Å²) < 4.78 is 44.8. The zero-order chi connectivity index (χ0) is 28.2. The number of hydrogen-bond acceptors (Lipinski definition) is 5. The lowest BCUT2D eigenvalue weighted by molar-refractivity contribution is -0.148. The first-order valence-corrected chi connectivity index (χ1v) is 13.0. The summed E-state index contributed by atoms with van der Waals surface area (Å²) in [6, 6.07) is 15.0. The van der Waals surface area contributed by atoms with Crippen LogP contribution in [0.15, 0.2) is 60.8 Å². The lowest BCUT2D eigenvalue weighted by atomic mass is 9.81. The number of nitrogens with zero attached hydrogens (tertiary/aromatic N) is 5. The standard InChI is InChI=1S/C29H27F3N6O2/c1-17-13-18(10-12-34-17)25-21-14-19(26(33)39)8-9-23(21)38(36-25)20-5-4-11-28(40,15-20)16-37-24-7-3-2-6-22(24)35-27(37)29(30,31)32/h2-3,6-10,12-14,20,40H,4-5,11,15-16H2,1H3,(H2,33,39). The normalized spacial score (nSPS) is 19.9. The lowest BCUT2D eigenvalue weighted by Crippen LogP contribution is -2.41. The molecular formula is C29H27F3N6O2. The molecule has 1 aliphatic carbocycles. The van der Waals surface area contributed by atoms with Crippen LogP contribution in [-0.2, 0) is 12.7 Å². The second kappa shape index (κ2) is 9.44. The molecule has 3 heterocycles. The maximum Gasteiger partial charge on any atom is 0.449 e. The van der Waals surface area contributed by atoms with Crippen LogP contribution in [0.3, 0.4) is 0 Å². The number of rotatable bonds is 5. The fourth-order valence-corrected chi connectivity index (χ4v) is 5.89. The second-order valence-electron chi connectivity index (χ2n) is 10.6. The number of alkyl halides is 3. The van der Waals surface area contributed by atoms with E-state index < -0.39 is 23.5 Å². The van der Waals surface area contributed by atoms with Crippen molar-refractivity contribution in [1.82, 2.24) is 24.3 Å². The molecule has 0 saturated heterocycles. The number of imidazole rings is 1. The molecule has 11 heteroatoms. The number of carbonyl (C=O) groups excluding carboxylic acids is 1. The summed E-state index contributed by atoms with van der Waals surface area (Å²) in [6.07, 6.45) is -1.17. The fraction of sp³-hybridized carbons (Fsp3) is 0.310. The van der Waals surface area contributed by atoms with E-state index in [1.165, 1.54) is 6.07 Å². The molecule has 1 amide bonds. The minimum Gasteiger partial charge on any atom is -0.388 e. The molecule has 1 fully saturated rings. The average Bonchev–Trinajstić information content (AvgIpc) is 3.47. The Morgan fingerprint density at radius 2 is 1.95 bits per heavy atom. The average molecular weight is 549 g/mol. The quantitative estimate of drug-likeness (QED) is 0.305. The maximum atomic E-state index is 13.9. The van der Waals surface area contributed by atoms with E-state index in [2.05, 4.69) is 9.97 Å². The van der Waals surface area contributed by atoms with Crippen LogP contribution >= 0.6 is 0 Å². The highest BCUT2D eigenvalue weighted by atomic mass is 19.4. The Kier molecular flexibility index (Phi) is 6.14. The minimum atomic E-state index is -4.67. The van der Waals surface area contributed by atoms with Crippen molar-refractivity contribution < 1.29 is 23.1 Å². The first-order chi connectivity index (χ1) is 19.0. The number of aryl methyl sites for hydroxylation is 1. The molecule has 2 unspecified atom stereocenters. The number of halogens is 3. The monoisotopic (exact) mass is 548 g/mol. The smallest absolute Gasteiger partial charge is 0.388 e. The van der Waals surface area contributed by atoms with Crippen molar-refractivity contribution in [2.24, 2.45) is 5.73 Å². The van der Waals surface area contributed by atoms with Gasteiger partial charge in [-0.15, -0.1) is 0 Å². The van der Waals surface area contributed by atoms with Crippen molar-refractivity contribution in [2.75, 3.05) is 0 Å². The van der Waals surface area contributed by atoms with E-state index in [4.69, 9.17) is 10.8 Å². The number of primary amides is 1. The van der Waals surface area contributed by atoms with E-state index in [1.54, 1.807) is 42.6 Å². The van der Waals surface area contributed by atoms with Gasteiger partial charge in [0, 0.05) is 34.8 Å². The molecule has 8 nitrogen and oxygen atoms in total. The van der Waals surface area contributed by atoms with Gasteiger partial charge in [0.2, 0.25) is 11.7 Å². The Morgan fingerprint density at radius 3 is 2.70 bits per heavy atom. The third-order valence-electron chi connectivity index (χ3n) is 7.66. The predicted octanol–water partition coefficient (Wildman–Crippen LogP) is 5.42. The van der Waals surface area contributed by atoms with Gasteiger partial charge >= 0.3 is 6.18 Å². The molecule has 3 N–H and O–H groups in total. The highest BCUT2D eigenvalue weighted by Gasteiger charge is 2.42. The van der Waals surface area contributed by atoms with E-state index in [1.807, 2.05) is 23.7 Å². The van der Waals surface area contributed by atoms with E-state index >= 15 is 0 Å². The van der Waals surface area contributed by atoms with Crippen LogP contribution in [0.25, 0.3) is 33.2 Å². The molecule has 0 aliphatic heterocycles. The van der Waals surface area contributed by atoms with E-state index in [0.717, 1.165) is 26.7 Å². The van der Waals surface area contributed by atoms with Crippen LogP contribution in [0.1, 0.15) is 53.6 Å². The molecule has 0 spiro atoms. The molecule has 40 heavy (non-hydrogen) atoms. The van der Waals surface area contributed by atoms with Crippen LogP contribution in [-0.4, -0.2) is 40.9 Å². The Balaban J connectivity index is 1.41. The van der Waals surface area contributed by atoms with Gasteiger partial charge in [-0.05, 0) is 68.7 Å². The van der Waals surface area contributed by atoms with Crippen molar-refractivity contribution in [3.63, 3.8) is 0 Å². The van der Waals surface area contributed by atoms with Gasteiger partial charge in [-0.3, -0.25) is 14.5 Å². The molecule has 5 aromatic rings. The van der Waals surface area contributed by atoms with Crippen molar-refractivity contribution >= 4 is 27.8 Å². The third kappa shape index (κ3) is 4.60. The third-order valence-corrected chi connectivity index (χ3v) is 7.66. The number of nitrogens with two attached hydrogens (primary N) is 1. The van der Waals surface area contributed by atoms with Gasteiger partial charge in [0.05, 0.1) is 34.7 Å². The topological polar surface area (TPSA) is 112 Å². The van der Waals surface area contributed by atoms with Gasteiger partial charge in [-0.25, -0.2) is 4.98 Å². The predicted molar refractivity (Wildman–Crippen MR) is 143 cm³/mol. The summed E-state index contributed by atoms with van der Waals surface area (Å²) in [5, 5.41) is 17.4. The number of aliphatic hydroxyl groups is 1.